The number of anilines is 2. The maximum absolute atomic E-state index is 12.9. The SMILES string of the molecule is C[C@H]1CN(Cc2ccccc2)CCN1C(=O)Nc1cccc(N2CCCCC2)c1. The van der Waals surface area contributed by atoms with Gasteiger partial charge in [0.2, 0.25) is 0 Å². The highest BCUT2D eigenvalue weighted by Gasteiger charge is 2.27. The summed E-state index contributed by atoms with van der Waals surface area (Å²) in [5.41, 5.74) is 3.42. The van der Waals surface area contributed by atoms with Crippen LogP contribution in [0.5, 0.6) is 0 Å². The van der Waals surface area contributed by atoms with Gasteiger partial charge in [-0.05, 0) is 49.9 Å². The van der Waals surface area contributed by atoms with E-state index in [1.165, 1.54) is 30.5 Å². The highest BCUT2D eigenvalue weighted by Crippen LogP contribution is 2.23. The van der Waals surface area contributed by atoms with Gasteiger partial charge in [0.05, 0.1) is 0 Å². The molecule has 2 aromatic carbocycles. The third-order valence-electron chi connectivity index (χ3n) is 6.04. The topological polar surface area (TPSA) is 38.8 Å². The van der Waals surface area contributed by atoms with Crippen molar-refractivity contribution < 1.29 is 4.79 Å². The van der Waals surface area contributed by atoms with Crippen LogP contribution in [0.1, 0.15) is 31.7 Å². The first-order chi connectivity index (χ1) is 14.2. The van der Waals surface area contributed by atoms with Crippen molar-refractivity contribution in [3.8, 4) is 0 Å². The second kappa shape index (κ2) is 9.31. The number of carbonyl (C=O) groups is 1. The molecule has 2 fully saturated rings. The van der Waals surface area contributed by atoms with E-state index < -0.39 is 0 Å². The summed E-state index contributed by atoms with van der Waals surface area (Å²) in [6, 6.07) is 19.0. The van der Waals surface area contributed by atoms with Crippen molar-refractivity contribution in [2.45, 2.75) is 38.8 Å². The number of nitrogens with zero attached hydrogens (tertiary/aromatic N) is 3. The van der Waals surface area contributed by atoms with Crippen LogP contribution in [0.2, 0.25) is 0 Å². The van der Waals surface area contributed by atoms with Gasteiger partial charge in [-0.3, -0.25) is 4.90 Å². The van der Waals surface area contributed by atoms with Crippen molar-refractivity contribution in [2.24, 2.45) is 0 Å². The van der Waals surface area contributed by atoms with E-state index in [4.69, 9.17) is 0 Å². The molecule has 0 saturated carbocycles. The normalized spacial score (nSPS) is 20.5. The Labute approximate surface area is 174 Å². The zero-order valence-corrected chi connectivity index (χ0v) is 17.4. The van der Waals surface area contributed by atoms with E-state index in [0.29, 0.717) is 0 Å². The highest BCUT2D eigenvalue weighted by atomic mass is 16.2. The molecule has 154 valence electrons. The summed E-state index contributed by atoms with van der Waals surface area (Å²) in [7, 11) is 0. The van der Waals surface area contributed by atoms with Crippen molar-refractivity contribution >= 4 is 17.4 Å². The molecule has 0 spiro atoms. The fourth-order valence-corrected chi connectivity index (χ4v) is 4.45. The Bertz CT molecular complexity index is 804. The van der Waals surface area contributed by atoms with Crippen LogP contribution in [0.3, 0.4) is 0 Å². The van der Waals surface area contributed by atoms with Gasteiger partial charge >= 0.3 is 6.03 Å². The number of piperazine rings is 1. The van der Waals surface area contributed by atoms with E-state index in [2.05, 4.69) is 64.5 Å². The van der Waals surface area contributed by atoms with E-state index >= 15 is 0 Å². The molecule has 2 aliphatic heterocycles. The predicted molar refractivity (Wildman–Crippen MR) is 119 cm³/mol. The first-order valence-electron chi connectivity index (χ1n) is 10.9. The number of hydrogen-bond donors (Lipinski definition) is 1. The van der Waals surface area contributed by atoms with Gasteiger partial charge in [-0.25, -0.2) is 4.79 Å². The van der Waals surface area contributed by atoms with Gasteiger partial charge in [-0.15, -0.1) is 0 Å². The lowest BCUT2D eigenvalue weighted by Gasteiger charge is -2.39. The molecule has 1 N–H and O–H groups in total. The van der Waals surface area contributed by atoms with Crippen LogP contribution in [0.4, 0.5) is 16.2 Å². The van der Waals surface area contributed by atoms with Crippen molar-refractivity contribution in [3.63, 3.8) is 0 Å². The lowest BCUT2D eigenvalue weighted by Crippen LogP contribution is -2.54. The standard InChI is InChI=1S/C24H32N4O/c1-20-18-26(19-21-9-4-2-5-10-21)15-16-28(20)24(29)25-22-11-8-12-23(17-22)27-13-6-3-7-14-27/h2,4-5,8-12,17,20H,3,6-7,13-16,18-19H2,1H3,(H,25,29)/t20-/m0/s1. The smallest absolute Gasteiger partial charge is 0.322 e. The summed E-state index contributed by atoms with van der Waals surface area (Å²) in [4.78, 5) is 19.7. The predicted octanol–water partition coefficient (Wildman–Crippen LogP) is 4.42. The minimum atomic E-state index is 0.00709. The fourth-order valence-electron chi connectivity index (χ4n) is 4.45. The van der Waals surface area contributed by atoms with Crippen LogP contribution < -0.4 is 10.2 Å². The first-order valence-corrected chi connectivity index (χ1v) is 10.9. The third-order valence-corrected chi connectivity index (χ3v) is 6.04. The molecular weight excluding hydrogens is 360 g/mol. The fraction of sp³-hybridized carbons (Fsp3) is 0.458. The minimum absolute atomic E-state index is 0.00709. The molecular formula is C24H32N4O. The second-order valence-electron chi connectivity index (χ2n) is 8.29. The Morgan fingerprint density at radius 2 is 1.76 bits per heavy atom. The van der Waals surface area contributed by atoms with Gasteiger partial charge < -0.3 is 15.1 Å². The van der Waals surface area contributed by atoms with Crippen LogP contribution in [0.25, 0.3) is 0 Å². The van der Waals surface area contributed by atoms with Gasteiger partial charge in [0.15, 0.2) is 0 Å². The van der Waals surface area contributed by atoms with Gasteiger partial charge in [0, 0.05) is 56.7 Å². The van der Waals surface area contributed by atoms with Crippen LogP contribution in [-0.4, -0.2) is 54.6 Å². The van der Waals surface area contributed by atoms with E-state index in [9.17, 15) is 4.79 Å². The molecule has 2 heterocycles. The number of piperidine rings is 1. The number of benzene rings is 2. The minimum Gasteiger partial charge on any atom is -0.371 e. The average molecular weight is 393 g/mol. The summed E-state index contributed by atoms with van der Waals surface area (Å²) >= 11 is 0. The number of amides is 2. The Balaban J connectivity index is 1.33. The summed E-state index contributed by atoms with van der Waals surface area (Å²) in [5.74, 6) is 0. The van der Waals surface area contributed by atoms with Crippen LogP contribution >= 0.6 is 0 Å². The van der Waals surface area contributed by atoms with Crippen LogP contribution in [-0.2, 0) is 6.54 Å². The summed E-state index contributed by atoms with van der Waals surface area (Å²) in [5, 5.41) is 3.13. The molecule has 0 aromatic heterocycles. The van der Waals surface area contributed by atoms with E-state index in [0.717, 1.165) is 45.0 Å². The van der Waals surface area contributed by atoms with E-state index in [1.54, 1.807) is 0 Å². The molecule has 4 rings (SSSR count). The Kier molecular flexibility index (Phi) is 6.35. The molecule has 5 nitrogen and oxygen atoms in total. The Morgan fingerprint density at radius 1 is 0.966 bits per heavy atom. The molecule has 29 heavy (non-hydrogen) atoms. The van der Waals surface area contributed by atoms with Gasteiger partial charge in [0.1, 0.15) is 0 Å². The van der Waals surface area contributed by atoms with Crippen molar-refractivity contribution in [1.82, 2.24) is 9.80 Å². The highest BCUT2D eigenvalue weighted by molar-refractivity contribution is 5.90. The largest absolute Gasteiger partial charge is 0.371 e. The van der Waals surface area contributed by atoms with Crippen molar-refractivity contribution in [3.05, 3.63) is 60.2 Å². The van der Waals surface area contributed by atoms with Crippen molar-refractivity contribution in [1.29, 1.82) is 0 Å². The Morgan fingerprint density at radius 3 is 2.52 bits per heavy atom. The summed E-state index contributed by atoms with van der Waals surface area (Å²) < 4.78 is 0. The molecule has 1 atom stereocenters. The average Bonchev–Trinajstić information content (AvgIpc) is 2.75. The maximum Gasteiger partial charge on any atom is 0.322 e. The molecule has 2 saturated heterocycles. The Hall–Kier alpha value is -2.53. The molecule has 0 bridgehead atoms. The van der Waals surface area contributed by atoms with Gasteiger partial charge in [-0.2, -0.15) is 0 Å². The quantitative estimate of drug-likeness (QED) is 0.837. The molecule has 0 radical (unpaired) electrons. The van der Waals surface area contributed by atoms with E-state index in [1.807, 2.05) is 17.0 Å². The maximum atomic E-state index is 12.9. The number of nitrogens with one attached hydrogen (secondary N) is 1. The van der Waals surface area contributed by atoms with Gasteiger partial charge in [0.25, 0.3) is 0 Å². The van der Waals surface area contributed by atoms with Crippen molar-refractivity contribution in [2.75, 3.05) is 42.9 Å². The zero-order valence-electron chi connectivity index (χ0n) is 17.4. The molecule has 2 amide bonds. The molecule has 0 aliphatic carbocycles. The van der Waals surface area contributed by atoms with Crippen LogP contribution in [0.15, 0.2) is 54.6 Å². The van der Waals surface area contributed by atoms with Gasteiger partial charge in [-0.1, -0.05) is 36.4 Å². The number of hydrogen-bond acceptors (Lipinski definition) is 3. The lowest BCUT2D eigenvalue weighted by atomic mass is 10.1. The summed E-state index contributed by atoms with van der Waals surface area (Å²) in [6.07, 6.45) is 3.82. The van der Waals surface area contributed by atoms with E-state index in [-0.39, 0.29) is 12.1 Å². The van der Waals surface area contributed by atoms with Crippen LogP contribution in [0, 0.1) is 0 Å². The molecule has 5 heteroatoms. The molecule has 0 unspecified atom stereocenters. The number of urea groups is 1. The molecule has 2 aliphatic rings. The second-order valence-corrected chi connectivity index (χ2v) is 8.29. The lowest BCUT2D eigenvalue weighted by molar-refractivity contribution is 0.104. The molecule has 2 aromatic rings. The number of carbonyl (C=O) groups excluding carboxylic acids is 1. The zero-order chi connectivity index (χ0) is 20.1. The monoisotopic (exact) mass is 392 g/mol. The first kappa shape index (κ1) is 19.8. The third kappa shape index (κ3) is 5.10. The summed E-state index contributed by atoms with van der Waals surface area (Å²) in [6.45, 7) is 7.86. The number of rotatable bonds is 4.